The van der Waals surface area contributed by atoms with Gasteiger partial charge in [0.15, 0.2) is 0 Å². The van der Waals surface area contributed by atoms with Crippen LogP contribution in [0.3, 0.4) is 0 Å². The number of nitrogens with zero attached hydrogens (tertiary/aromatic N) is 2. The third-order valence-corrected chi connectivity index (χ3v) is 2.51. The Kier molecular flexibility index (Phi) is 3.11. The molecule has 0 saturated heterocycles. The van der Waals surface area contributed by atoms with Crippen molar-refractivity contribution in [2.24, 2.45) is 0 Å². The van der Waals surface area contributed by atoms with Crippen molar-refractivity contribution in [3.8, 4) is 0 Å². The Labute approximate surface area is 81.6 Å². The zero-order chi connectivity index (χ0) is 9.90. The highest BCUT2D eigenvalue weighted by Gasteiger charge is 2.18. The van der Waals surface area contributed by atoms with Crippen LogP contribution in [0.15, 0.2) is 17.4 Å². The van der Waals surface area contributed by atoms with Gasteiger partial charge in [-0.1, -0.05) is 11.8 Å². The van der Waals surface area contributed by atoms with Gasteiger partial charge in [-0.3, -0.25) is 0 Å². The number of hydrogen-bond donors (Lipinski definition) is 2. The van der Waals surface area contributed by atoms with Gasteiger partial charge in [0.05, 0.1) is 19.0 Å². The van der Waals surface area contributed by atoms with Crippen molar-refractivity contribution in [3.63, 3.8) is 0 Å². The number of hydrogen-bond acceptors (Lipinski definition) is 5. The SMILES string of the molecule is CC(C)(CO)Sc1cnc(N)cn1. The van der Waals surface area contributed by atoms with Crippen molar-refractivity contribution in [1.82, 2.24) is 9.97 Å². The minimum Gasteiger partial charge on any atom is -0.395 e. The molecule has 0 bridgehead atoms. The fourth-order valence-corrected chi connectivity index (χ4v) is 1.54. The average molecular weight is 199 g/mol. The second-order valence-corrected chi connectivity index (χ2v) is 5.03. The van der Waals surface area contributed by atoms with Gasteiger partial charge in [0.1, 0.15) is 10.8 Å². The largest absolute Gasteiger partial charge is 0.395 e. The van der Waals surface area contributed by atoms with Crippen LogP contribution in [0.1, 0.15) is 13.8 Å². The first-order chi connectivity index (χ1) is 6.03. The van der Waals surface area contributed by atoms with Crippen LogP contribution >= 0.6 is 11.8 Å². The summed E-state index contributed by atoms with van der Waals surface area (Å²) in [7, 11) is 0. The van der Waals surface area contributed by atoms with Crippen LogP contribution in [-0.2, 0) is 0 Å². The standard InChI is InChI=1S/C8H13N3OS/c1-8(2,5-12)13-7-4-10-6(9)3-11-7/h3-4,12H,5H2,1-2H3,(H2,9,10). The quantitative estimate of drug-likeness (QED) is 0.708. The molecular weight excluding hydrogens is 186 g/mol. The molecule has 0 aliphatic rings. The Morgan fingerprint density at radius 3 is 2.62 bits per heavy atom. The van der Waals surface area contributed by atoms with Gasteiger partial charge >= 0.3 is 0 Å². The van der Waals surface area contributed by atoms with E-state index in [4.69, 9.17) is 10.8 Å². The molecule has 0 aliphatic carbocycles. The molecule has 13 heavy (non-hydrogen) atoms. The molecule has 4 nitrogen and oxygen atoms in total. The highest BCUT2D eigenvalue weighted by Crippen LogP contribution is 2.29. The Bertz CT molecular complexity index is 273. The number of nitrogen functional groups attached to an aromatic ring is 1. The summed E-state index contributed by atoms with van der Waals surface area (Å²) in [6.07, 6.45) is 3.12. The zero-order valence-corrected chi connectivity index (χ0v) is 8.51. The lowest BCUT2D eigenvalue weighted by molar-refractivity contribution is 0.265. The summed E-state index contributed by atoms with van der Waals surface area (Å²) >= 11 is 1.48. The molecule has 5 heteroatoms. The number of aromatic nitrogens is 2. The van der Waals surface area contributed by atoms with Gasteiger partial charge in [-0.05, 0) is 13.8 Å². The number of aliphatic hydroxyl groups excluding tert-OH is 1. The van der Waals surface area contributed by atoms with E-state index in [0.717, 1.165) is 5.03 Å². The molecule has 0 aromatic carbocycles. The molecule has 1 aromatic heterocycles. The summed E-state index contributed by atoms with van der Waals surface area (Å²) in [5.74, 6) is 0.408. The van der Waals surface area contributed by atoms with Crippen LogP contribution in [0.5, 0.6) is 0 Å². The maximum Gasteiger partial charge on any atom is 0.141 e. The van der Waals surface area contributed by atoms with Crippen molar-refractivity contribution in [1.29, 1.82) is 0 Å². The van der Waals surface area contributed by atoms with Crippen molar-refractivity contribution in [3.05, 3.63) is 12.4 Å². The highest BCUT2D eigenvalue weighted by molar-refractivity contribution is 8.00. The Balaban J connectivity index is 2.69. The van der Waals surface area contributed by atoms with E-state index in [0.29, 0.717) is 5.82 Å². The van der Waals surface area contributed by atoms with Crippen LogP contribution in [-0.4, -0.2) is 26.4 Å². The van der Waals surface area contributed by atoms with Gasteiger partial charge in [0, 0.05) is 4.75 Å². The van der Waals surface area contributed by atoms with Crippen molar-refractivity contribution in [2.45, 2.75) is 23.6 Å². The lowest BCUT2D eigenvalue weighted by Crippen LogP contribution is -2.19. The smallest absolute Gasteiger partial charge is 0.141 e. The fourth-order valence-electron chi connectivity index (χ4n) is 0.694. The molecule has 0 atom stereocenters. The molecule has 3 N–H and O–H groups in total. The van der Waals surface area contributed by atoms with E-state index >= 15 is 0 Å². The highest BCUT2D eigenvalue weighted by atomic mass is 32.2. The Hall–Kier alpha value is -0.810. The van der Waals surface area contributed by atoms with E-state index in [1.54, 1.807) is 6.20 Å². The molecule has 0 amide bonds. The van der Waals surface area contributed by atoms with Crippen LogP contribution in [0.4, 0.5) is 5.82 Å². The van der Waals surface area contributed by atoms with E-state index in [-0.39, 0.29) is 11.4 Å². The maximum atomic E-state index is 9.02. The summed E-state index contributed by atoms with van der Waals surface area (Å²) in [5, 5.41) is 9.79. The molecule has 0 radical (unpaired) electrons. The van der Waals surface area contributed by atoms with Gasteiger partial charge in [0.2, 0.25) is 0 Å². The number of nitrogens with two attached hydrogens (primary N) is 1. The van der Waals surface area contributed by atoms with E-state index in [1.165, 1.54) is 18.0 Å². The van der Waals surface area contributed by atoms with Gasteiger partial charge in [-0.2, -0.15) is 0 Å². The summed E-state index contributed by atoms with van der Waals surface area (Å²) in [5.41, 5.74) is 5.39. The predicted octanol–water partition coefficient (Wildman–Crippen LogP) is 0.922. The Morgan fingerprint density at radius 2 is 2.15 bits per heavy atom. The first-order valence-corrected chi connectivity index (χ1v) is 4.72. The van der Waals surface area contributed by atoms with E-state index in [2.05, 4.69) is 9.97 Å². The third kappa shape index (κ3) is 3.20. The van der Waals surface area contributed by atoms with Crippen molar-refractivity contribution >= 4 is 17.6 Å². The van der Waals surface area contributed by atoms with Crippen molar-refractivity contribution < 1.29 is 5.11 Å². The summed E-state index contributed by atoms with van der Waals surface area (Å²) in [6, 6.07) is 0. The first-order valence-electron chi connectivity index (χ1n) is 3.91. The normalized spacial score (nSPS) is 11.6. The summed E-state index contributed by atoms with van der Waals surface area (Å²) in [6.45, 7) is 3.98. The molecule has 1 heterocycles. The average Bonchev–Trinajstić information content (AvgIpc) is 2.09. The lowest BCUT2D eigenvalue weighted by Gasteiger charge is -2.19. The molecule has 0 unspecified atom stereocenters. The second kappa shape index (κ2) is 3.93. The van der Waals surface area contributed by atoms with Crippen LogP contribution in [0.25, 0.3) is 0 Å². The molecule has 0 fully saturated rings. The van der Waals surface area contributed by atoms with Crippen molar-refractivity contribution in [2.75, 3.05) is 12.3 Å². The molecule has 0 saturated carbocycles. The van der Waals surface area contributed by atoms with E-state index in [1.807, 2.05) is 13.8 Å². The summed E-state index contributed by atoms with van der Waals surface area (Å²) < 4.78 is -0.231. The molecule has 1 rings (SSSR count). The van der Waals surface area contributed by atoms with Gasteiger partial charge in [-0.15, -0.1) is 0 Å². The van der Waals surface area contributed by atoms with Crippen LogP contribution in [0, 0.1) is 0 Å². The zero-order valence-electron chi connectivity index (χ0n) is 7.69. The Morgan fingerprint density at radius 1 is 1.46 bits per heavy atom. The molecule has 1 aromatic rings. The lowest BCUT2D eigenvalue weighted by atomic mass is 10.2. The first kappa shape index (κ1) is 10.3. The minimum atomic E-state index is -0.231. The van der Waals surface area contributed by atoms with E-state index < -0.39 is 0 Å². The number of thioether (sulfide) groups is 1. The van der Waals surface area contributed by atoms with Gasteiger partial charge < -0.3 is 10.8 Å². The minimum absolute atomic E-state index is 0.101. The number of aliphatic hydroxyl groups is 1. The molecule has 0 aliphatic heterocycles. The maximum absolute atomic E-state index is 9.02. The van der Waals surface area contributed by atoms with Gasteiger partial charge in [-0.25, -0.2) is 9.97 Å². The topological polar surface area (TPSA) is 72.0 Å². The van der Waals surface area contributed by atoms with Crippen LogP contribution < -0.4 is 5.73 Å². The molecular formula is C8H13N3OS. The third-order valence-electron chi connectivity index (χ3n) is 1.41. The molecule has 0 spiro atoms. The second-order valence-electron chi connectivity index (χ2n) is 3.30. The monoisotopic (exact) mass is 199 g/mol. The van der Waals surface area contributed by atoms with E-state index in [9.17, 15) is 0 Å². The fraction of sp³-hybridized carbons (Fsp3) is 0.500. The molecule has 72 valence electrons. The number of anilines is 1. The summed E-state index contributed by atoms with van der Waals surface area (Å²) in [4.78, 5) is 7.99. The van der Waals surface area contributed by atoms with Gasteiger partial charge in [0.25, 0.3) is 0 Å². The number of rotatable bonds is 3. The predicted molar refractivity (Wildman–Crippen MR) is 53.5 cm³/mol. The van der Waals surface area contributed by atoms with Crippen LogP contribution in [0.2, 0.25) is 0 Å².